The van der Waals surface area contributed by atoms with Crippen molar-refractivity contribution in [1.29, 1.82) is 0 Å². The van der Waals surface area contributed by atoms with E-state index in [1.807, 2.05) is 27.7 Å². The van der Waals surface area contributed by atoms with E-state index >= 15 is 0 Å². The largest absolute Gasteiger partial charge is 0.478 e. The van der Waals surface area contributed by atoms with Gasteiger partial charge in [-0.05, 0) is 36.2 Å². The number of hydrogen-bond donors (Lipinski definition) is 3. The molecule has 6 nitrogen and oxygen atoms in total. The lowest BCUT2D eigenvalue weighted by Gasteiger charge is -2.19. The molecule has 0 saturated carbocycles. The molecule has 2 rings (SSSR count). The summed E-state index contributed by atoms with van der Waals surface area (Å²) < 4.78 is 0. The predicted molar refractivity (Wildman–Crippen MR) is 105 cm³/mol. The molecule has 0 aliphatic heterocycles. The molecule has 0 aliphatic carbocycles. The van der Waals surface area contributed by atoms with Gasteiger partial charge in [-0.1, -0.05) is 45.0 Å². The Kier molecular flexibility index (Phi) is 6.00. The number of hydrogen-bond acceptors (Lipinski definition) is 3. The van der Waals surface area contributed by atoms with Crippen LogP contribution in [0.2, 0.25) is 0 Å². The Morgan fingerprint density at radius 2 is 1.67 bits per heavy atom. The average molecular weight is 368 g/mol. The van der Waals surface area contributed by atoms with Crippen LogP contribution in [0.5, 0.6) is 0 Å². The standard InChI is InChI=1S/C21H24N2O4/c1-13-9-10-15(12-17(13)23-20(27)21(2,3)4)22-18(24)11-14-7-5-6-8-16(14)19(25)26/h5-10,12H,11H2,1-4H3,(H,22,24)(H,23,27)(H,25,26). The molecule has 0 heterocycles. The van der Waals surface area contributed by atoms with E-state index in [1.54, 1.807) is 36.4 Å². The van der Waals surface area contributed by atoms with Crippen LogP contribution in [0.4, 0.5) is 11.4 Å². The number of nitrogens with one attached hydrogen (secondary N) is 2. The van der Waals surface area contributed by atoms with E-state index in [2.05, 4.69) is 10.6 Å². The number of aryl methyl sites for hydroxylation is 1. The number of aromatic carboxylic acids is 1. The second kappa shape index (κ2) is 8.03. The molecular formula is C21H24N2O4. The van der Waals surface area contributed by atoms with E-state index in [0.29, 0.717) is 16.9 Å². The second-order valence-corrected chi connectivity index (χ2v) is 7.42. The Morgan fingerprint density at radius 1 is 1.00 bits per heavy atom. The van der Waals surface area contributed by atoms with Crippen molar-refractivity contribution in [2.45, 2.75) is 34.1 Å². The molecule has 2 aromatic carbocycles. The highest BCUT2D eigenvalue weighted by Gasteiger charge is 2.22. The van der Waals surface area contributed by atoms with Gasteiger partial charge in [-0.15, -0.1) is 0 Å². The van der Waals surface area contributed by atoms with Crippen LogP contribution in [-0.2, 0) is 16.0 Å². The highest BCUT2D eigenvalue weighted by atomic mass is 16.4. The van der Waals surface area contributed by atoms with Crippen LogP contribution in [0, 0.1) is 12.3 Å². The first-order valence-electron chi connectivity index (χ1n) is 8.61. The van der Waals surface area contributed by atoms with Crippen molar-refractivity contribution in [1.82, 2.24) is 0 Å². The first-order chi connectivity index (χ1) is 12.6. The maximum absolute atomic E-state index is 12.3. The summed E-state index contributed by atoms with van der Waals surface area (Å²) in [6, 6.07) is 11.6. The van der Waals surface area contributed by atoms with E-state index in [9.17, 15) is 19.5 Å². The molecule has 6 heteroatoms. The van der Waals surface area contributed by atoms with Gasteiger partial charge in [0.15, 0.2) is 0 Å². The van der Waals surface area contributed by atoms with Gasteiger partial charge in [-0.3, -0.25) is 9.59 Å². The highest BCUT2D eigenvalue weighted by molar-refractivity contribution is 5.98. The number of amides is 2. The lowest BCUT2D eigenvalue weighted by Crippen LogP contribution is -2.28. The molecule has 27 heavy (non-hydrogen) atoms. The van der Waals surface area contributed by atoms with Crippen LogP contribution in [0.15, 0.2) is 42.5 Å². The van der Waals surface area contributed by atoms with Crippen molar-refractivity contribution >= 4 is 29.2 Å². The fraction of sp³-hybridized carbons (Fsp3) is 0.286. The van der Waals surface area contributed by atoms with Crippen LogP contribution in [-0.4, -0.2) is 22.9 Å². The van der Waals surface area contributed by atoms with Gasteiger partial charge in [0, 0.05) is 16.8 Å². The smallest absolute Gasteiger partial charge is 0.335 e. The minimum absolute atomic E-state index is 0.0555. The zero-order valence-corrected chi connectivity index (χ0v) is 15.9. The lowest BCUT2D eigenvalue weighted by molar-refractivity contribution is -0.123. The van der Waals surface area contributed by atoms with Crippen LogP contribution in [0.1, 0.15) is 42.3 Å². The molecule has 0 aliphatic rings. The summed E-state index contributed by atoms with van der Waals surface area (Å²) in [5.74, 6) is -1.52. The van der Waals surface area contributed by atoms with Gasteiger partial charge < -0.3 is 15.7 Å². The van der Waals surface area contributed by atoms with Gasteiger partial charge in [0.25, 0.3) is 0 Å². The third kappa shape index (κ3) is 5.41. The fourth-order valence-electron chi connectivity index (χ4n) is 2.41. The SMILES string of the molecule is Cc1ccc(NC(=O)Cc2ccccc2C(=O)O)cc1NC(=O)C(C)(C)C. The normalized spacial score (nSPS) is 11.0. The van der Waals surface area contributed by atoms with Crippen LogP contribution < -0.4 is 10.6 Å². The fourth-order valence-corrected chi connectivity index (χ4v) is 2.41. The summed E-state index contributed by atoms with van der Waals surface area (Å²) in [5.41, 5.74) is 2.04. The van der Waals surface area contributed by atoms with Gasteiger partial charge >= 0.3 is 5.97 Å². The molecule has 0 bridgehead atoms. The van der Waals surface area contributed by atoms with Gasteiger partial charge in [-0.25, -0.2) is 4.79 Å². The number of rotatable bonds is 5. The number of carboxylic acid groups (broad SMARTS) is 1. The van der Waals surface area contributed by atoms with Crippen LogP contribution in [0.3, 0.4) is 0 Å². The van der Waals surface area contributed by atoms with Crippen molar-refractivity contribution in [2.24, 2.45) is 5.41 Å². The second-order valence-electron chi connectivity index (χ2n) is 7.42. The van der Waals surface area contributed by atoms with Crippen molar-refractivity contribution in [3.63, 3.8) is 0 Å². The first-order valence-corrected chi connectivity index (χ1v) is 8.61. The molecule has 0 atom stereocenters. The molecule has 142 valence electrons. The average Bonchev–Trinajstić information content (AvgIpc) is 2.57. The molecule has 0 aromatic heterocycles. The van der Waals surface area contributed by atoms with Crippen molar-refractivity contribution in [3.8, 4) is 0 Å². The molecule has 2 aromatic rings. The number of benzene rings is 2. The summed E-state index contributed by atoms with van der Waals surface area (Å²) in [6.07, 6.45) is -0.0555. The van der Waals surface area contributed by atoms with E-state index in [1.165, 1.54) is 6.07 Å². The molecular weight excluding hydrogens is 344 g/mol. The van der Waals surface area contributed by atoms with E-state index in [-0.39, 0.29) is 23.8 Å². The zero-order chi connectivity index (χ0) is 20.2. The Balaban J connectivity index is 2.14. The Labute approximate surface area is 158 Å². The monoisotopic (exact) mass is 368 g/mol. The van der Waals surface area contributed by atoms with Crippen molar-refractivity contribution in [2.75, 3.05) is 10.6 Å². The number of carbonyl (C=O) groups is 3. The first kappa shape index (κ1) is 20.2. The number of carboxylic acids is 1. The minimum Gasteiger partial charge on any atom is -0.478 e. The quantitative estimate of drug-likeness (QED) is 0.747. The molecule has 0 saturated heterocycles. The molecule has 3 N–H and O–H groups in total. The Morgan fingerprint density at radius 3 is 2.30 bits per heavy atom. The summed E-state index contributed by atoms with van der Waals surface area (Å²) in [5, 5.41) is 14.8. The maximum atomic E-state index is 12.3. The molecule has 2 amide bonds. The Hall–Kier alpha value is -3.15. The van der Waals surface area contributed by atoms with Gasteiger partial charge in [0.1, 0.15) is 0 Å². The third-order valence-electron chi connectivity index (χ3n) is 4.05. The highest BCUT2D eigenvalue weighted by Crippen LogP contribution is 2.24. The molecule has 0 radical (unpaired) electrons. The molecule has 0 unspecified atom stereocenters. The van der Waals surface area contributed by atoms with Crippen LogP contribution >= 0.6 is 0 Å². The number of carbonyl (C=O) groups excluding carboxylic acids is 2. The lowest BCUT2D eigenvalue weighted by atomic mass is 9.95. The van der Waals surface area contributed by atoms with Crippen LogP contribution in [0.25, 0.3) is 0 Å². The third-order valence-corrected chi connectivity index (χ3v) is 4.05. The van der Waals surface area contributed by atoms with Gasteiger partial charge in [-0.2, -0.15) is 0 Å². The van der Waals surface area contributed by atoms with E-state index in [0.717, 1.165) is 5.56 Å². The summed E-state index contributed by atoms with van der Waals surface area (Å²) in [6.45, 7) is 7.34. The number of anilines is 2. The topological polar surface area (TPSA) is 95.5 Å². The summed E-state index contributed by atoms with van der Waals surface area (Å²) >= 11 is 0. The predicted octanol–water partition coefficient (Wildman–Crippen LogP) is 3.86. The zero-order valence-electron chi connectivity index (χ0n) is 15.9. The van der Waals surface area contributed by atoms with E-state index in [4.69, 9.17) is 0 Å². The maximum Gasteiger partial charge on any atom is 0.335 e. The molecule has 0 spiro atoms. The Bertz CT molecular complexity index is 882. The van der Waals surface area contributed by atoms with Gasteiger partial charge in [0.2, 0.25) is 11.8 Å². The van der Waals surface area contributed by atoms with Gasteiger partial charge in [0.05, 0.1) is 12.0 Å². The van der Waals surface area contributed by atoms with Crippen molar-refractivity contribution in [3.05, 3.63) is 59.2 Å². The molecule has 0 fully saturated rings. The minimum atomic E-state index is -1.07. The van der Waals surface area contributed by atoms with E-state index < -0.39 is 11.4 Å². The van der Waals surface area contributed by atoms with Crippen molar-refractivity contribution < 1.29 is 19.5 Å². The summed E-state index contributed by atoms with van der Waals surface area (Å²) in [7, 11) is 0. The summed E-state index contributed by atoms with van der Waals surface area (Å²) in [4.78, 5) is 35.8.